The molecule has 1 heterocycles. The van der Waals surface area contributed by atoms with Gasteiger partial charge in [0.15, 0.2) is 0 Å². The van der Waals surface area contributed by atoms with Gasteiger partial charge in [-0.3, -0.25) is 0 Å². The highest BCUT2D eigenvalue weighted by atomic mass is 35.5. The van der Waals surface area contributed by atoms with Crippen LogP contribution in [0.1, 0.15) is 6.42 Å². The predicted octanol–water partition coefficient (Wildman–Crippen LogP) is 3.45. The summed E-state index contributed by atoms with van der Waals surface area (Å²) in [6.07, 6.45) is 4.80. The minimum atomic E-state index is 0.699. The van der Waals surface area contributed by atoms with Crippen LogP contribution in [0.5, 0.6) is 0 Å². The molecule has 3 nitrogen and oxygen atoms in total. The third-order valence-corrected chi connectivity index (χ3v) is 3.35. The van der Waals surface area contributed by atoms with Crippen molar-refractivity contribution >= 4 is 40.1 Å². The summed E-state index contributed by atoms with van der Waals surface area (Å²) in [4.78, 5) is 8.47. The van der Waals surface area contributed by atoms with Crippen LogP contribution in [0.3, 0.4) is 0 Å². The second kappa shape index (κ2) is 6.07. The molecular formula is C12H14ClN3S. The molecule has 17 heavy (non-hydrogen) atoms. The van der Waals surface area contributed by atoms with Gasteiger partial charge in [0.25, 0.3) is 0 Å². The fraction of sp³-hybridized carbons (Fsp3) is 0.333. The van der Waals surface area contributed by atoms with E-state index < -0.39 is 0 Å². The Morgan fingerprint density at radius 2 is 2.24 bits per heavy atom. The molecule has 0 unspecified atom stereocenters. The summed E-state index contributed by atoms with van der Waals surface area (Å²) < 4.78 is 0. The lowest BCUT2D eigenvalue weighted by Crippen LogP contribution is -2.05. The van der Waals surface area contributed by atoms with Gasteiger partial charge in [-0.1, -0.05) is 11.6 Å². The lowest BCUT2D eigenvalue weighted by molar-refractivity contribution is 0.982. The highest BCUT2D eigenvalue weighted by molar-refractivity contribution is 7.98. The van der Waals surface area contributed by atoms with E-state index in [1.54, 1.807) is 6.33 Å². The largest absolute Gasteiger partial charge is 0.369 e. The van der Waals surface area contributed by atoms with Crippen LogP contribution >= 0.6 is 23.4 Å². The van der Waals surface area contributed by atoms with E-state index in [0.717, 1.165) is 35.4 Å². The van der Waals surface area contributed by atoms with E-state index in [1.807, 2.05) is 30.0 Å². The fourth-order valence-corrected chi connectivity index (χ4v) is 2.19. The van der Waals surface area contributed by atoms with Crippen LogP contribution < -0.4 is 5.32 Å². The fourth-order valence-electron chi connectivity index (χ4n) is 1.59. The van der Waals surface area contributed by atoms with Gasteiger partial charge in [0.2, 0.25) is 0 Å². The molecule has 1 aromatic carbocycles. The molecule has 0 saturated heterocycles. The molecule has 0 radical (unpaired) electrons. The third kappa shape index (κ3) is 3.23. The quantitative estimate of drug-likeness (QED) is 0.842. The van der Waals surface area contributed by atoms with E-state index in [0.29, 0.717) is 5.02 Å². The molecule has 0 amide bonds. The van der Waals surface area contributed by atoms with E-state index in [-0.39, 0.29) is 0 Å². The van der Waals surface area contributed by atoms with Crippen LogP contribution in [0.2, 0.25) is 5.02 Å². The van der Waals surface area contributed by atoms with E-state index in [9.17, 15) is 0 Å². The van der Waals surface area contributed by atoms with Gasteiger partial charge in [0, 0.05) is 17.0 Å². The van der Waals surface area contributed by atoms with Crippen molar-refractivity contribution in [2.75, 3.05) is 23.9 Å². The summed E-state index contributed by atoms with van der Waals surface area (Å²) in [5.74, 6) is 2.04. The Morgan fingerprint density at radius 1 is 1.35 bits per heavy atom. The first kappa shape index (κ1) is 12.5. The molecule has 2 aromatic rings. The van der Waals surface area contributed by atoms with Crippen molar-refractivity contribution in [2.45, 2.75) is 6.42 Å². The number of aromatic nitrogens is 2. The van der Waals surface area contributed by atoms with E-state index in [2.05, 4.69) is 21.5 Å². The van der Waals surface area contributed by atoms with Crippen LogP contribution in [-0.4, -0.2) is 28.5 Å². The van der Waals surface area contributed by atoms with E-state index in [1.165, 1.54) is 0 Å². The summed E-state index contributed by atoms with van der Waals surface area (Å²) in [5, 5.41) is 5.05. The normalized spacial score (nSPS) is 10.7. The Kier molecular flexibility index (Phi) is 4.45. The molecule has 2 rings (SSSR count). The standard InChI is InChI=1S/C12H14ClN3S/c1-17-6-2-5-14-12-10-4-3-9(13)7-11(10)15-8-16-12/h3-4,7-8H,2,5-6H2,1H3,(H,14,15,16). The lowest BCUT2D eigenvalue weighted by Gasteiger charge is -2.07. The van der Waals surface area contributed by atoms with Gasteiger partial charge in [0.05, 0.1) is 5.52 Å². The zero-order valence-electron chi connectivity index (χ0n) is 9.61. The summed E-state index contributed by atoms with van der Waals surface area (Å²) in [5.41, 5.74) is 0.875. The molecule has 0 atom stereocenters. The number of nitrogens with zero attached hydrogens (tertiary/aromatic N) is 2. The number of benzene rings is 1. The van der Waals surface area contributed by atoms with Gasteiger partial charge in [-0.25, -0.2) is 9.97 Å². The summed E-state index contributed by atoms with van der Waals surface area (Å²) in [7, 11) is 0. The number of rotatable bonds is 5. The zero-order valence-corrected chi connectivity index (χ0v) is 11.2. The van der Waals surface area contributed by atoms with E-state index in [4.69, 9.17) is 11.6 Å². The SMILES string of the molecule is CSCCCNc1ncnc2cc(Cl)ccc12. The molecular weight excluding hydrogens is 254 g/mol. The summed E-state index contributed by atoms with van der Waals surface area (Å²) >= 11 is 7.79. The average molecular weight is 268 g/mol. The number of fused-ring (bicyclic) bond motifs is 1. The maximum atomic E-state index is 5.93. The van der Waals surface area contributed by atoms with Gasteiger partial charge < -0.3 is 5.32 Å². The van der Waals surface area contributed by atoms with Gasteiger partial charge in [-0.2, -0.15) is 11.8 Å². The van der Waals surface area contributed by atoms with Gasteiger partial charge >= 0.3 is 0 Å². The molecule has 5 heteroatoms. The van der Waals surface area contributed by atoms with Gasteiger partial charge in [-0.05, 0) is 36.6 Å². The molecule has 0 aliphatic heterocycles. The molecule has 1 N–H and O–H groups in total. The lowest BCUT2D eigenvalue weighted by atomic mass is 10.2. The molecule has 0 aliphatic carbocycles. The third-order valence-electron chi connectivity index (χ3n) is 2.42. The smallest absolute Gasteiger partial charge is 0.137 e. The van der Waals surface area contributed by atoms with Crippen molar-refractivity contribution in [1.82, 2.24) is 9.97 Å². The van der Waals surface area contributed by atoms with E-state index >= 15 is 0 Å². The Balaban J connectivity index is 2.16. The number of nitrogens with one attached hydrogen (secondary N) is 1. The van der Waals surface area contributed by atoms with Crippen molar-refractivity contribution < 1.29 is 0 Å². The van der Waals surface area contributed by atoms with Crippen LogP contribution in [-0.2, 0) is 0 Å². The van der Waals surface area contributed by atoms with Crippen molar-refractivity contribution in [2.24, 2.45) is 0 Å². The predicted molar refractivity (Wildman–Crippen MR) is 76.0 cm³/mol. The second-order valence-corrected chi connectivity index (χ2v) is 5.08. The van der Waals surface area contributed by atoms with Crippen molar-refractivity contribution in [3.05, 3.63) is 29.5 Å². The first-order chi connectivity index (χ1) is 8.31. The van der Waals surface area contributed by atoms with Crippen molar-refractivity contribution in [3.8, 4) is 0 Å². The molecule has 0 fully saturated rings. The molecule has 0 spiro atoms. The monoisotopic (exact) mass is 267 g/mol. The first-order valence-corrected chi connectivity index (χ1v) is 7.21. The highest BCUT2D eigenvalue weighted by Gasteiger charge is 2.03. The molecule has 0 saturated carbocycles. The average Bonchev–Trinajstić information content (AvgIpc) is 2.34. The van der Waals surface area contributed by atoms with Crippen LogP contribution in [0.4, 0.5) is 5.82 Å². The minimum absolute atomic E-state index is 0.699. The number of anilines is 1. The number of halogens is 1. The van der Waals surface area contributed by atoms with Crippen molar-refractivity contribution in [1.29, 1.82) is 0 Å². The van der Waals surface area contributed by atoms with Gasteiger partial charge in [0.1, 0.15) is 12.1 Å². The van der Waals surface area contributed by atoms with Crippen LogP contribution in [0, 0.1) is 0 Å². The molecule has 1 aromatic heterocycles. The Hall–Kier alpha value is -1.00. The maximum absolute atomic E-state index is 5.93. The van der Waals surface area contributed by atoms with Gasteiger partial charge in [-0.15, -0.1) is 0 Å². The first-order valence-electron chi connectivity index (χ1n) is 5.44. The topological polar surface area (TPSA) is 37.8 Å². The Bertz CT molecular complexity index is 504. The molecule has 0 bridgehead atoms. The number of hydrogen-bond donors (Lipinski definition) is 1. The van der Waals surface area contributed by atoms with Crippen molar-refractivity contribution in [3.63, 3.8) is 0 Å². The zero-order chi connectivity index (χ0) is 12.1. The van der Waals surface area contributed by atoms with Crippen LogP contribution in [0.25, 0.3) is 10.9 Å². The minimum Gasteiger partial charge on any atom is -0.369 e. The highest BCUT2D eigenvalue weighted by Crippen LogP contribution is 2.22. The Labute approximate surface area is 110 Å². The summed E-state index contributed by atoms with van der Waals surface area (Å²) in [6, 6.07) is 5.67. The maximum Gasteiger partial charge on any atom is 0.137 e. The molecule has 0 aliphatic rings. The van der Waals surface area contributed by atoms with Crippen LogP contribution in [0.15, 0.2) is 24.5 Å². The molecule has 90 valence electrons. The Morgan fingerprint density at radius 3 is 3.06 bits per heavy atom. The number of thioether (sulfide) groups is 1. The summed E-state index contributed by atoms with van der Waals surface area (Å²) in [6.45, 7) is 0.926. The second-order valence-electron chi connectivity index (χ2n) is 3.66. The number of hydrogen-bond acceptors (Lipinski definition) is 4.